The summed E-state index contributed by atoms with van der Waals surface area (Å²) < 4.78 is 29.1. The van der Waals surface area contributed by atoms with Gasteiger partial charge in [-0.2, -0.15) is 0 Å². The molecule has 7 heteroatoms. The molecule has 23 heavy (non-hydrogen) atoms. The van der Waals surface area contributed by atoms with Gasteiger partial charge in [0.2, 0.25) is 0 Å². The molecular weight excluding hydrogens is 336 g/mol. The summed E-state index contributed by atoms with van der Waals surface area (Å²) in [6.45, 7) is 3.68. The number of halogens is 1. The standard InChI is InChI=1S/C16H19ClN2O3S/c1-9-14(17)6-13(10(2)18)16(22-3)15(9)11-5-12(8-19-7-11)23(4,20)21/h5-8,10H,18H2,1-4H3. The summed E-state index contributed by atoms with van der Waals surface area (Å²) in [7, 11) is -1.82. The highest BCUT2D eigenvalue weighted by Crippen LogP contribution is 2.41. The number of nitrogens with two attached hydrogens (primary N) is 1. The Bertz CT molecular complexity index is 849. The van der Waals surface area contributed by atoms with E-state index >= 15 is 0 Å². The van der Waals surface area contributed by atoms with Crippen LogP contribution in [0, 0.1) is 6.92 Å². The van der Waals surface area contributed by atoms with Gasteiger partial charge in [-0.25, -0.2) is 8.42 Å². The molecular formula is C16H19ClN2O3S. The maximum Gasteiger partial charge on any atom is 0.177 e. The first-order valence-electron chi connectivity index (χ1n) is 6.94. The number of nitrogens with zero attached hydrogens (tertiary/aromatic N) is 1. The molecule has 2 rings (SSSR count). The molecule has 0 aliphatic rings. The van der Waals surface area contributed by atoms with E-state index in [1.54, 1.807) is 25.4 Å². The van der Waals surface area contributed by atoms with Crippen LogP contribution >= 0.6 is 11.6 Å². The maximum atomic E-state index is 11.8. The molecule has 1 atom stereocenters. The highest BCUT2D eigenvalue weighted by atomic mass is 35.5. The smallest absolute Gasteiger partial charge is 0.177 e. The van der Waals surface area contributed by atoms with Gasteiger partial charge >= 0.3 is 0 Å². The molecule has 2 aromatic rings. The zero-order valence-corrected chi connectivity index (χ0v) is 15.0. The van der Waals surface area contributed by atoms with Crippen LogP contribution in [0.1, 0.15) is 24.1 Å². The van der Waals surface area contributed by atoms with Crippen LogP contribution in [-0.2, 0) is 9.84 Å². The summed E-state index contributed by atoms with van der Waals surface area (Å²) in [6, 6.07) is 3.06. The summed E-state index contributed by atoms with van der Waals surface area (Å²) in [5, 5.41) is 0.540. The van der Waals surface area contributed by atoms with Gasteiger partial charge in [-0.3, -0.25) is 4.98 Å². The van der Waals surface area contributed by atoms with E-state index in [0.29, 0.717) is 21.9 Å². The van der Waals surface area contributed by atoms with Crippen LogP contribution in [0.5, 0.6) is 5.75 Å². The first-order chi connectivity index (χ1) is 10.7. The number of methoxy groups -OCH3 is 1. The molecule has 0 bridgehead atoms. The summed E-state index contributed by atoms with van der Waals surface area (Å²) in [4.78, 5) is 4.18. The van der Waals surface area contributed by atoms with Crippen LogP contribution in [0.15, 0.2) is 29.4 Å². The fourth-order valence-electron chi connectivity index (χ4n) is 2.41. The van der Waals surface area contributed by atoms with Gasteiger partial charge in [0.1, 0.15) is 5.75 Å². The van der Waals surface area contributed by atoms with Crippen molar-refractivity contribution in [2.45, 2.75) is 24.8 Å². The molecule has 1 aromatic heterocycles. The Labute approximate surface area is 141 Å². The molecule has 0 saturated carbocycles. The zero-order chi connectivity index (χ0) is 17.4. The van der Waals surface area contributed by atoms with Crippen molar-refractivity contribution >= 4 is 21.4 Å². The van der Waals surface area contributed by atoms with Gasteiger partial charge in [0, 0.05) is 46.4 Å². The molecule has 0 amide bonds. The van der Waals surface area contributed by atoms with E-state index in [0.717, 1.165) is 17.4 Å². The molecule has 2 N–H and O–H groups in total. The number of pyridine rings is 1. The second-order valence-electron chi connectivity index (χ2n) is 5.45. The molecule has 1 unspecified atom stereocenters. The number of hydrogen-bond acceptors (Lipinski definition) is 5. The SMILES string of the molecule is COc1c(C(C)N)cc(Cl)c(C)c1-c1cncc(S(C)(=O)=O)c1. The third-order valence-electron chi connectivity index (χ3n) is 3.63. The second kappa shape index (κ2) is 6.47. The molecule has 0 fully saturated rings. The fourth-order valence-corrected chi connectivity index (χ4v) is 3.21. The summed E-state index contributed by atoms with van der Waals surface area (Å²) in [6.07, 6.45) is 4.04. The quantitative estimate of drug-likeness (QED) is 0.912. The van der Waals surface area contributed by atoms with Crippen LogP contribution in [0.25, 0.3) is 11.1 Å². The minimum absolute atomic E-state index is 0.138. The maximum absolute atomic E-state index is 11.8. The van der Waals surface area contributed by atoms with Crippen molar-refractivity contribution in [3.05, 3.63) is 40.7 Å². The third kappa shape index (κ3) is 3.49. The largest absolute Gasteiger partial charge is 0.496 e. The van der Waals surface area contributed by atoms with Gasteiger partial charge in [-0.15, -0.1) is 0 Å². The van der Waals surface area contributed by atoms with Crippen LogP contribution < -0.4 is 10.5 Å². The van der Waals surface area contributed by atoms with Crippen molar-refractivity contribution in [2.24, 2.45) is 5.73 Å². The first-order valence-corrected chi connectivity index (χ1v) is 9.21. The lowest BCUT2D eigenvalue weighted by molar-refractivity contribution is 0.408. The third-order valence-corrected chi connectivity index (χ3v) is 5.10. The van der Waals surface area contributed by atoms with Gasteiger partial charge in [-0.05, 0) is 31.5 Å². The minimum Gasteiger partial charge on any atom is -0.496 e. The minimum atomic E-state index is -3.36. The summed E-state index contributed by atoms with van der Waals surface area (Å²) >= 11 is 6.32. The Morgan fingerprint density at radius 3 is 2.48 bits per heavy atom. The number of hydrogen-bond donors (Lipinski definition) is 1. The van der Waals surface area contributed by atoms with Crippen molar-refractivity contribution < 1.29 is 13.2 Å². The van der Waals surface area contributed by atoms with Crippen molar-refractivity contribution in [3.8, 4) is 16.9 Å². The van der Waals surface area contributed by atoms with E-state index in [9.17, 15) is 8.42 Å². The zero-order valence-electron chi connectivity index (χ0n) is 13.4. The van der Waals surface area contributed by atoms with Gasteiger partial charge in [0.15, 0.2) is 9.84 Å². The first kappa shape index (κ1) is 17.7. The number of benzene rings is 1. The predicted molar refractivity (Wildman–Crippen MR) is 91.7 cm³/mol. The summed E-state index contributed by atoms with van der Waals surface area (Å²) in [5.74, 6) is 0.578. The number of ether oxygens (including phenoxy) is 1. The molecule has 0 spiro atoms. The number of aromatic nitrogens is 1. The summed E-state index contributed by atoms with van der Waals surface area (Å²) in [5.41, 5.74) is 8.85. The molecule has 1 aromatic carbocycles. The van der Waals surface area contributed by atoms with E-state index in [-0.39, 0.29) is 10.9 Å². The molecule has 0 radical (unpaired) electrons. The molecule has 1 heterocycles. The Morgan fingerprint density at radius 1 is 1.30 bits per heavy atom. The number of rotatable bonds is 4. The topological polar surface area (TPSA) is 82.3 Å². The van der Waals surface area contributed by atoms with Crippen LogP contribution in [0.3, 0.4) is 0 Å². The Hall–Kier alpha value is -1.63. The fraction of sp³-hybridized carbons (Fsp3) is 0.312. The second-order valence-corrected chi connectivity index (χ2v) is 7.87. The Morgan fingerprint density at radius 2 is 1.96 bits per heavy atom. The molecule has 5 nitrogen and oxygen atoms in total. The van der Waals surface area contributed by atoms with E-state index in [2.05, 4.69) is 4.98 Å². The van der Waals surface area contributed by atoms with Gasteiger partial charge < -0.3 is 10.5 Å². The van der Waals surface area contributed by atoms with E-state index in [1.807, 2.05) is 13.8 Å². The average Bonchev–Trinajstić information content (AvgIpc) is 2.48. The lowest BCUT2D eigenvalue weighted by Gasteiger charge is -2.19. The van der Waals surface area contributed by atoms with Crippen LogP contribution in [-0.4, -0.2) is 26.8 Å². The van der Waals surface area contributed by atoms with Crippen molar-refractivity contribution in [1.82, 2.24) is 4.98 Å². The Kier molecular flexibility index (Phi) is 4.98. The predicted octanol–water partition coefficient (Wildman–Crippen LogP) is 3.14. The van der Waals surface area contributed by atoms with Crippen molar-refractivity contribution in [3.63, 3.8) is 0 Å². The van der Waals surface area contributed by atoms with Crippen LogP contribution in [0.4, 0.5) is 0 Å². The normalized spacial score (nSPS) is 13.0. The highest BCUT2D eigenvalue weighted by Gasteiger charge is 2.20. The van der Waals surface area contributed by atoms with E-state index < -0.39 is 9.84 Å². The average molecular weight is 355 g/mol. The Balaban J connectivity index is 2.82. The van der Waals surface area contributed by atoms with Crippen molar-refractivity contribution in [1.29, 1.82) is 0 Å². The van der Waals surface area contributed by atoms with Crippen molar-refractivity contribution in [2.75, 3.05) is 13.4 Å². The molecule has 124 valence electrons. The van der Waals surface area contributed by atoms with Gasteiger partial charge in [0.05, 0.1) is 12.0 Å². The molecule has 0 aliphatic heterocycles. The van der Waals surface area contributed by atoms with Gasteiger partial charge in [-0.1, -0.05) is 11.6 Å². The van der Waals surface area contributed by atoms with Gasteiger partial charge in [0.25, 0.3) is 0 Å². The monoisotopic (exact) mass is 354 g/mol. The van der Waals surface area contributed by atoms with E-state index in [1.165, 1.54) is 6.20 Å². The lowest BCUT2D eigenvalue weighted by Crippen LogP contribution is -2.09. The molecule has 0 aliphatic carbocycles. The van der Waals surface area contributed by atoms with Crippen LogP contribution in [0.2, 0.25) is 5.02 Å². The number of sulfone groups is 1. The van der Waals surface area contributed by atoms with E-state index in [4.69, 9.17) is 22.1 Å². The lowest BCUT2D eigenvalue weighted by atomic mass is 9.95. The highest BCUT2D eigenvalue weighted by molar-refractivity contribution is 7.90. The molecule has 0 saturated heterocycles.